The molecule has 0 spiro atoms. The standard InChI is InChI=1S/C15H21N3OS/c1-4-14-16-15(20-17-14)18(5-2)10-13(19)12-8-6-11(3)7-9-12/h6-9,13,19H,4-5,10H2,1-3H3. The number of anilines is 1. The van der Waals surface area contributed by atoms with Crippen molar-refractivity contribution < 1.29 is 5.11 Å². The van der Waals surface area contributed by atoms with Crippen molar-refractivity contribution in [1.29, 1.82) is 0 Å². The third-order valence-corrected chi connectivity index (χ3v) is 4.10. The molecule has 1 heterocycles. The molecule has 0 bridgehead atoms. The van der Waals surface area contributed by atoms with Gasteiger partial charge in [-0.3, -0.25) is 0 Å². The predicted octanol–water partition coefficient (Wildman–Crippen LogP) is 2.97. The molecule has 1 aromatic heterocycles. The molecule has 0 aliphatic carbocycles. The third kappa shape index (κ3) is 3.55. The van der Waals surface area contributed by atoms with Gasteiger partial charge in [-0.1, -0.05) is 36.8 Å². The van der Waals surface area contributed by atoms with Crippen LogP contribution in [0.3, 0.4) is 0 Å². The summed E-state index contributed by atoms with van der Waals surface area (Å²) >= 11 is 1.40. The molecule has 108 valence electrons. The molecule has 0 amide bonds. The van der Waals surface area contributed by atoms with E-state index >= 15 is 0 Å². The summed E-state index contributed by atoms with van der Waals surface area (Å²) < 4.78 is 4.30. The van der Waals surface area contributed by atoms with Crippen molar-refractivity contribution in [2.75, 3.05) is 18.0 Å². The van der Waals surface area contributed by atoms with E-state index in [2.05, 4.69) is 21.2 Å². The van der Waals surface area contributed by atoms with E-state index in [1.54, 1.807) is 0 Å². The Balaban J connectivity index is 2.07. The summed E-state index contributed by atoms with van der Waals surface area (Å²) in [5, 5.41) is 11.2. The van der Waals surface area contributed by atoms with Crippen LogP contribution in [0.25, 0.3) is 0 Å². The normalized spacial score (nSPS) is 12.4. The zero-order valence-corrected chi connectivity index (χ0v) is 13.0. The summed E-state index contributed by atoms with van der Waals surface area (Å²) in [5.74, 6) is 0.869. The lowest BCUT2D eigenvalue weighted by molar-refractivity contribution is 0.183. The van der Waals surface area contributed by atoms with Gasteiger partial charge in [-0.05, 0) is 19.4 Å². The fourth-order valence-electron chi connectivity index (χ4n) is 1.96. The van der Waals surface area contributed by atoms with Gasteiger partial charge in [0.1, 0.15) is 5.82 Å². The first-order valence-electron chi connectivity index (χ1n) is 6.96. The molecule has 0 saturated heterocycles. The molecule has 1 aromatic carbocycles. The lowest BCUT2D eigenvalue weighted by Gasteiger charge is -2.23. The summed E-state index contributed by atoms with van der Waals surface area (Å²) in [4.78, 5) is 6.55. The topological polar surface area (TPSA) is 49.2 Å². The predicted molar refractivity (Wildman–Crippen MR) is 83.3 cm³/mol. The summed E-state index contributed by atoms with van der Waals surface area (Å²) in [6.07, 6.45) is 0.332. The molecule has 0 radical (unpaired) electrons. The van der Waals surface area contributed by atoms with Crippen LogP contribution >= 0.6 is 11.5 Å². The van der Waals surface area contributed by atoms with E-state index in [0.29, 0.717) is 6.54 Å². The van der Waals surface area contributed by atoms with Gasteiger partial charge in [-0.15, -0.1) is 0 Å². The molecule has 2 rings (SSSR count). The number of hydrogen-bond acceptors (Lipinski definition) is 5. The van der Waals surface area contributed by atoms with E-state index in [1.807, 2.05) is 38.1 Å². The van der Waals surface area contributed by atoms with E-state index in [1.165, 1.54) is 17.1 Å². The van der Waals surface area contributed by atoms with Crippen LogP contribution in [0.1, 0.15) is 36.9 Å². The third-order valence-electron chi connectivity index (χ3n) is 3.28. The number of aryl methyl sites for hydroxylation is 2. The van der Waals surface area contributed by atoms with Crippen molar-refractivity contribution in [2.24, 2.45) is 0 Å². The lowest BCUT2D eigenvalue weighted by Crippen LogP contribution is -2.28. The van der Waals surface area contributed by atoms with Gasteiger partial charge < -0.3 is 10.0 Å². The van der Waals surface area contributed by atoms with Crippen molar-refractivity contribution in [3.63, 3.8) is 0 Å². The van der Waals surface area contributed by atoms with Crippen LogP contribution in [0.5, 0.6) is 0 Å². The number of rotatable bonds is 6. The number of benzene rings is 1. The van der Waals surface area contributed by atoms with Crippen LogP contribution in [0.2, 0.25) is 0 Å². The fraction of sp³-hybridized carbons (Fsp3) is 0.467. The molecule has 20 heavy (non-hydrogen) atoms. The van der Waals surface area contributed by atoms with E-state index in [9.17, 15) is 5.11 Å². The van der Waals surface area contributed by atoms with Crippen molar-refractivity contribution in [3.05, 3.63) is 41.2 Å². The average molecular weight is 291 g/mol. The van der Waals surface area contributed by atoms with Crippen LogP contribution < -0.4 is 4.90 Å². The zero-order chi connectivity index (χ0) is 14.5. The summed E-state index contributed by atoms with van der Waals surface area (Å²) in [6.45, 7) is 7.50. The smallest absolute Gasteiger partial charge is 0.205 e. The van der Waals surface area contributed by atoms with Crippen LogP contribution in [-0.4, -0.2) is 27.6 Å². The minimum Gasteiger partial charge on any atom is -0.387 e. The van der Waals surface area contributed by atoms with Gasteiger partial charge in [0, 0.05) is 24.5 Å². The highest BCUT2D eigenvalue weighted by Crippen LogP contribution is 2.22. The van der Waals surface area contributed by atoms with Crippen molar-refractivity contribution in [3.8, 4) is 0 Å². The zero-order valence-electron chi connectivity index (χ0n) is 12.2. The molecular weight excluding hydrogens is 270 g/mol. The number of aromatic nitrogens is 2. The Morgan fingerprint density at radius 3 is 2.50 bits per heavy atom. The highest BCUT2D eigenvalue weighted by molar-refractivity contribution is 7.09. The second kappa shape index (κ2) is 6.81. The molecule has 0 aliphatic rings. The highest BCUT2D eigenvalue weighted by atomic mass is 32.1. The number of nitrogens with zero attached hydrogens (tertiary/aromatic N) is 3. The SMILES string of the molecule is CCc1nsc(N(CC)CC(O)c2ccc(C)cc2)n1. The fourth-order valence-corrected chi connectivity index (χ4v) is 2.78. The van der Waals surface area contributed by atoms with E-state index in [0.717, 1.165) is 29.5 Å². The van der Waals surface area contributed by atoms with Crippen LogP contribution in [0.4, 0.5) is 5.13 Å². The number of aliphatic hydroxyl groups excluding tert-OH is 1. The summed E-state index contributed by atoms with van der Waals surface area (Å²) in [5.41, 5.74) is 2.14. The van der Waals surface area contributed by atoms with Gasteiger partial charge in [-0.25, -0.2) is 4.98 Å². The lowest BCUT2D eigenvalue weighted by atomic mass is 10.1. The van der Waals surface area contributed by atoms with Gasteiger partial charge in [0.2, 0.25) is 5.13 Å². The van der Waals surface area contributed by atoms with Gasteiger partial charge in [0.25, 0.3) is 0 Å². The van der Waals surface area contributed by atoms with Crippen molar-refractivity contribution in [2.45, 2.75) is 33.3 Å². The van der Waals surface area contributed by atoms with E-state index in [4.69, 9.17) is 0 Å². The van der Waals surface area contributed by atoms with Gasteiger partial charge in [-0.2, -0.15) is 4.37 Å². The largest absolute Gasteiger partial charge is 0.387 e. The van der Waals surface area contributed by atoms with Gasteiger partial charge >= 0.3 is 0 Å². The Morgan fingerprint density at radius 2 is 1.95 bits per heavy atom. The Kier molecular flexibility index (Phi) is 5.09. The van der Waals surface area contributed by atoms with Crippen LogP contribution in [0, 0.1) is 6.92 Å². The molecule has 1 N–H and O–H groups in total. The average Bonchev–Trinajstić information content (AvgIpc) is 2.94. The van der Waals surface area contributed by atoms with E-state index < -0.39 is 6.10 Å². The van der Waals surface area contributed by atoms with Crippen LogP contribution in [0.15, 0.2) is 24.3 Å². The number of aliphatic hydroxyl groups is 1. The van der Waals surface area contributed by atoms with Crippen molar-refractivity contribution in [1.82, 2.24) is 9.36 Å². The Bertz CT molecular complexity index is 538. The maximum absolute atomic E-state index is 10.4. The quantitative estimate of drug-likeness (QED) is 0.889. The molecule has 0 aliphatic heterocycles. The molecule has 2 aromatic rings. The number of likely N-dealkylation sites (N-methyl/N-ethyl adjacent to an activating group) is 1. The van der Waals surface area contributed by atoms with Gasteiger partial charge in [0.05, 0.1) is 12.6 Å². The minimum atomic E-state index is -0.510. The molecule has 0 saturated carbocycles. The summed E-state index contributed by atoms with van der Waals surface area (Å²) in [6, 6.07) is 8.00. The Labute approximate surface area is 124 Å². The monoisotopic (exact) mass is 291 g/mol. The molecule has 0 fully saturated rings. The first-order chi connectivity index (χ1) is 9.63. The highest BCUT2D eigenvalue weighted by Gasteiger charge is 2.16. The molecule has 5 heteroatoms. The van der Waals surface area contributed by atoms with E-state index in [-0.39, 0.29) is 0 Å². The second-order valence-electron chi connectivity index (χ2n) is 4.81. The van der Waals surface area contributed by atoms with Crippen molar-refractivity contribution >= 4 is 16.7 Å². The Hall–Kier alpha value is -1.46. The van der Waals surface area contributed by atoms with Crippen LogP contribution in [-0.2, 0) is 6.42 Å². The maximum Gasteiger partial charge on any atom is 0.205 e. The minimum absolute atomic E-state index is 0.510. The Morgan fingerprint density at radius 1 is 1.25 bits per heavy atom. The molecule has 1 unspecified atom stereocenters. The maximum atomic E-state index is 10.4. The molecule has 4 nitrogen and oxygen atoms in total. The second-order valence-corrected chi connectivity index (χ2v) is 5.54. The first-order valence-corrected chi connectivity index (χ1v) is 7.73. The molecular formula is C15H21N3OS. The summed E-state index contributed by atoms with van der Waals surface area (Å²) in [7, 11) is 0. The molecule has 1 atom stereocenters. The number of hydrogen-bond donors (Lipinski definition) is 1. The first kappa shape index (κ1) is 14.9. The van der Waals surface area contributed by atoms with Gasteiger partial charge in [0.15, 0.2) is 0 Å².